The van der Waals surface area contributed by atoms with Crippen molar-refractivity contribution in [2.24, 2.45) is 0 Å². The lowest BCUT2D eigenvalue weighted by Crippen LogP contribution is -2.32. The van der Waals surface area contributed by atoms with Gasteiger partial charge in [-0.25, -0.2) is 24.1 Å². The van der Waals surface area contributed by atoms with Gasteiger partial charge in [-0.05, 0) is 51.7 Å². The summed E-state index contributed by atoms with van der Waals surface area (Å²) in [6, 6.07) is 2.82. The Kier molecular flexibility index (Phi) is 8.46. The number of hydrogen-bond acceptors (Lipinski definition) is 8. The highest BCUT2D eigenvalue weighted by atomic mass is 35.5. The predicted octanol–water partition coefficient (Wildman–Crippen LogP) is 4.51. The number of aliphatic hydroxyl groups is 1. The number of aliphatic hydroxyl groups excluding tert-OH is 1. The van der Waals surface area contributed by atoms with E-state index < -0.39 is 11.9 Å². The zero-order valence-corrected chi connectivity index (χ0v) is 21.9. The number of nitrogen functional groups attached to an aromatic ring is 1. The molecule has 5 rings (SSSR count). The second-order valence-corrected chi connectivity index (χ2v) is 9.78. The summed E-state index contributed by atoms with van der Waals surface area (Å²) < 4.78 is 26.9. The minimum absolute atomic E-state index is 0.0225. The number of rotatable bonds is 3. The first-order valence-corrected chi connectivity index (χ1v) is 12.7. The molecule has 200 valence electrons. The molecule has 37 heavy (non-hydrogen) atoms. The molecule has 4 heterocycles. The van der Waals surface area contributed by atoms with E-state index in [9.17, 15) is 4.79 Å². The topological polar surface area (TPSA) is 129 Å². The molecule has 3 aromatic rings. The maximum atomic E-state index is 15.1. The summed E-state index contributed by atoms with van der Waals surface area (Å²) in [5.41, 5.74) is 7.35. The smallest absolute Gasteiger partial charge is 0.410 e. The third-order valence-electron chi connectivity index (χ3n) is 6.42. The zero-order valence-electron chi connectivity index (χ0n) is 21.2. The van der Waals surface area contributed by atoms with E-state index in [1.54, 1.807) is 11.0 Å². The van der Waals surface area contributed by atoms with E-state index in [0.29, 0.717) is 35.8 Å². The van der Waals surface area contributed by atoms with Gasteiger partial charge in [-0.1, -0.05) is 11.6 Å². The summed E-state index contributed by atoms with van der Waals surface area (Å²) in [7, 11) is 1.35. The third kappa shape index (κ3) is 5.78. The van der Waals surface area contributed by atoms with Gasteiger partial charge in [0, 0.05) is 24.8 Å². The molecule has 0 saturated carbocycles. The SMILES string of the molecule is COC(=O)N1CCCC1c1nc2c(F)cc(-c3nc(N)ncc3Cl)cc2n1C(C)C.OC1CCCOC1. The number of carbonyl (C=O) groups is 1. The van der Waals surface area contributed by atoms with Crippen molar-refractivity contribution in [1.82, 2.24) is 24.4 Å². The fraction of sp³-hybridized carbons (Fsp3) is 0.520. The number of amides is 1. The molecule has 2 aliphatic heterocycles. The van der Waals surface area contributed by atoms with Crippen LogP contribution in [0.25, 0.3) is 22.3 Å². The van der Waals surface area contributed by atoms with Gasteiger partial charge in [-0.3, -0.25) is 4.90 Å². The molecule has 2 saturated heterocycles. The highest BCUT2D eigenvalue weighted by Crippen LogP contribution is 2.38. The summed E-state index contributed by atoms with van der Waals surface area (Å²) in [6.07, 6.45) is 4.27. The quantitative estimate of drug-likeness (QED) is 0.502. The average Bonchev–Trinajstić information content (AvgIpc) is 3.51. The van der Waals surface area contributed by atoms with Crippen molar-refractivity contribution >= 4 is 34.7 Å². The van der Waals surface area contributed by atoms with Crippen LogP contribution >= 0.6 is 11.6 Å². The van der Waals surface area contributed by atoms with Crippen LogP contribution in [-0.2, 0) is 9.47 Å². The van der Waals surface area contributed by atoms with Gasteiger partial charge < -0.3 is 24.9 Å². The van der Waals surface area contributed by atoms with Gasteiger partial charge in [0.25, 0.3) is 0 Å². The average molecular weight is 535 g/mol. The lowest BCUT2D eigenvalue weighted by molar-refractivity contribution is -0.00535. The largest absolute Gasteiger partial charge is 0.453 e. The van der Waals surface area contributed by atoms with E-state index in [0.717, 1.165) is 32.3 Å². The number of nitrogens with two attached hydrogens (primary N) is 1. The second kappa shape index (κ2) is 11.6. The number of aromatic nitrogens is 4. The molecule has 2 aromatic heterocycles. The van der Waals surface area contributed by atoms with E-state index in [1.165, 1.54) is 19.4 Å². The molecule has 0 radical (unpaired) electrons. The van der Waals surface area contributed by atoms with Gasteiger partial charge in [-0.2, -0.15) is 0 Å². The van der Waals surface area contributed by atoms with Crippen molar-refractivity contribution in [3.63, 3.8) is 0 Å². The van der Waals surface area contributed by atoms with E-state index in [-0.39, 0.29) is 34.7 Å². The van der Waals surface area contributed by atoms with Crippen LogP contribution in [0.15, 0.2) is 18.3 Å². The Bertz CT molecular complexity index is 1260. The van der Waals surface area contributed by atoms with Gasteiger partial charge in [0.2, 0.25) is 5.95 Å². The number of halogens is 2. The molecule has 1 aromatic carbocycles. The Morgan fingerprint density at radius 2 is 2.08 bits per heavy atom. The Morgan fingerprint density at radius 3 is 2.70 bits per heavy atom. The highest BCUT2D eigenvalue weighted by molar-refractivity contribution is 6.33. The van der Waals surface area contributed by atoms with Crippen molar-refractivity contribution in [3.8, 4) is 11.3 Å². The summed E-state index contributed by atoms with van der Waals surface area (Å²) >= 11 is 6.23. The van der Waals surface area contributed by atoms with Crippen LogP contribution in [0.3, 0.4) is 0 Å². The van der Waals surface area contributed by atoms with Crippen LogP contribution in [-0.4, -0.2) is 68.6 Å². The summed E-state index contributed by atoms with van der Waals surface area (Å²) in [4.78, 5) is 26.5. The molecule has 0 spiro atoms. The van der Waals surface area contributed by atoms with Gasteiger partial charge >= 0.3 is 6.09 Å². The molecule has 1 amide bonds. The van der Waals surface area contributed by atoms with E-state index in [2.05, 4.69) is 15.0 Å². The van der Waals surface area contributed by atoms with E-state index >= 15 is 4.39 Å². The standard InChI is InChI=1S/C20H22ClFN6O2.C5H10O2/c1-10(2)28-15-8-11(16-12(21)9-24-19(23)26-16)7-13(22)17(15)25-18(28)14-5-4-6-27(14)20(29)30-3;6-5-2-1-3-7-4-5/h7-10,14H,4-6H2,1-3H3,(H2,23,24,26);5-6H,1-4H2. The summed E-state index contributed by atoms with van der Waals surface area (Å²) in [5, 5.41) is 9.05. The number of fused-ring (bicyclic) bond motifs is 1. The van der Waals surface area contributed by atoms with Gasteiger partial charge in [0.15, 0.2) is 5.82 Å². The van der Waals surface area contributed by atoms with Crippen molar-refractivity contribution in [3.05, 3.63) is 35.0 Å². The highest BCUT2D eigenvalue weighted by Gasteiger charge is 2.35. The predicted molar refractivity (Wildman–Crippen MR) is 138 cm³/mol. The molecular weight excluding hydrogens is 503 g/mol. The fourth-order valence-corrected chi connectivity index (χ4v) is 4.96. The number of likely N-dealkylation sites (tertiary alicyclic amines) is 1. The number of imidazole rings is 1. The molecule has 10 nitrogen and oxygen atoms in total. The Hall–Kier alpha value is -3.02. The third-order valence-corrected chi connectivity index (χ3v) is 6.70. The van der Waals surface area contributed by atoms with Crippen LogP contribution < -0.4 is 5.73 Å². The molecule has 0 aliphatic carbocycles. The number of hydrogen-bond donors (Lipinski definition) is 2. The molecule has 2 aliphatic rings. The minimum atomic E-state index is -0.501. The number of nitrogens with zero attached hydrogens (tertiary/aromatic N) is 5. The van der Waals surface area contributed by atoms with Gasteiger partial charge in [-0.15, -0.1) is 0 Å². The molecular formula is C25H32ClFN6O4. The first-order valence-electron chi connectivity index (χ1n) is 12.3. The summed E-state index contributed by atoms with van der Waals surface area (Å²) in [5.74, 6) is 0.180. The number of anilines is 1. The molecule has 2 atom stereocenters. The zero-order chi connectivity index (χ0) is 26.7. The fourth-order valence-electron chi connectivity index (χ4n) is 4.76. The van der Waals surface area contributed by atoms with E-state index in [4.69, 9.17) is 31.9 Å². The maximum absolute atomic E-state index is 15.1. The molecule has 3 N–H and O–H groups in total. The number of benzene rings is 1. The lowest BCUT2D eigenvalue weighted by Gasteiger charge is -2.25. The number of carbonyl (C=O) groups excluding carboxylic acids is 1. The van der Waals surface area contributed by atoms with Crippen molar-refractivity contribution in [2.45, 2.75) is 57.7 Å². The first-order chi connectivity index (χ1) is 17.7. The van der Waals surface area contributed by atoms with Crippen molar-refractivity contribution in [1.29, 1.82) is 0 Å². The minimum Gasteiger partial charge on any atom is -0.453 e. The monoisotopic (exact) mass is 534 g/mol. The lowest BCUT2D eigenvalue weighted by atomic mass is 10.1. The Balaban J connectivity index is 0.000000396. The normalized spacial score (nSPS) is 19.7. The van der Waals surface area contributed by atoms with Crippen LogP contribution in [0.4, 0.5) is 15.1 Å². The van der Waals surface area contributed by atoms with Gasteiger partial charge in [0.1, 0.15) is 11.3 Å². The van der Waals surface area contributed by atoms with Crippen molar-refractivity contribution in [2.75, 3.05) is 32.6 Å². The van der Waals surface area contributed by atoms with Crippen LogP contribution in [0.2, 0.25) is 5.02 Å². The van der Waals surface area contributed by atoms with Crippen LogP contribution in [0.5, 0.6) is 0 Å². The molecule has 2 fully saturated rings. The maximum Gasteiger partial charge on any atom is 0.410 e. The van der Waals surface area contributed by atoms with Crippen LogP contribution in [0, 0.1) is 5.82 Å². The van der Waals surface area contributed by atoms with E-state index in [1.807, 2.05) is 18.4 Å². The molecule has 12 heteroatoms. The van der Waals surface area contributed by atoms with Gasteiger partial charge in [0.05, 0.1) is 48.3 Å². The summed E-state index contributed by atoms with van der Waals surface area (Å²) in [6.45, 7) is 5.92. The van der Waals surface area contributed by atoms with Crippen molar-refractivity contribution < 1.29 is 23.8 Å². The Labute approximate surface area is 219 Å². The molecule has 2 unspecified atom stereocenters. The number of methoxy groups -OCH3 is 1. The number of ether oxygens (including phenoxy) is 2. The Morgan fingerprint density at radius 1 is 1.30 bits per heavy atom. The molecule has 0 bridgehead atoms. The van der Waals surface area contributed by atoms with Crippen LogP contribution in [0.1, 0.15) is 57.4 Å². The second-order valence-electron chi connectivity index (χ2n) is 9.38. The first kappa shape index (κ1) is 27.0.